The van der Waals surface area contributed by atoms with E-state index in [9.17, 15) is 36.7 Å². The van der Waals surface area contributed by atoms with E-state index < -0.39 is 47.6 Å². The van der Waals surface area contributed by atoms with Gasteiger partial charge in [0.1, 0.15) is 28.1 Å². The first kappa shape index (κ1) is 43.4. The number of nitrogens with one attached hydrogen (secondary N) is 2. The predicted molar refractivity (Wildman–Crippen MR) is 202 cm³/mol. The second kappa shape index (κ2) is 19.5. The van der Waals surface area contributed by atoms with Crippen LogP contribution in [0.5, 0.6) is 28.7 Å². The van der Waals surface area contributed by atoms with Gasteiger partial charge in [-0.05, 0) is 86.5 Å². The predicted octanol–water partition coefficient (Wildman–Crippen LogP) is 5.01. The van der Waals surface area contributed by atoms with Gasteiger partial charge in [-0.15, -0.1) is 11.3 Å². The molecule has 16 nitrogen and oxygen atoms in total. The number of carbonyl (C=O) groups excluding carboxylic acids is 3. The van der Waals surface area contributed by atoms with Gasteiger partial charge in [0.05, 0.1) is 18.8 Å². The van der Waals surface area contributed by atoms with Gasteiger partial charge >= 0.3 is 19.5 Å². The van der Waals surface area contributed by atoms with Gasteiger partial charge in [-0.3, -0.25) is 14.4 Å². The minimum atomic E-state index is -4.64. The molecule has 0 saturated carbocycles. The lowest BCUT2D eigenvalue weighted by molar-refractivity contribution is -0.134. The summed E-state index contributed by atoms with van der Waals surface area (Å²) >= 11 is 0.889. The van der Waals surface area contributed by atoms with Crippen molar-refractivity contribution in [2.24, 2.45) is 5.73 Å². The molecular weight excluding hydrogens is 795 g/mol. The zero-order valence-corrected chi connectivity index (χ0v) is 32.9. The van der Waals surface area contributed by atoms with E-state index in [-0.39, 0.29) is 45.7 Å². The first-order valence-electron chi connectivity index (χ1n) is 16.7. The largest absolute Gasteiger partial charge is 0.490 e. The Hall–Kier alpha value is -5.35. The first-order chi connectivity index (χ1) is 26.5. The van der Waals surface area contributed by atoms with Gasteiger partial charge in [0.2, 0.25) is 0 Å². The Labute approximate surface area is 325 Å². The molecule has 298 valence electrons. The number of thiophene rings is 1. The minimum absolute atomic E-state index is 0.0165. The molecule has 56 heavy (non-hydrogen) atoms. The summed E-state index contributed by atoms with van der Waals surface area (Å²) in [5.41, 5.74) is 6.72. The van der Waals surface area contributed by atoms with Crippen LogP contribution >= 0.6 is 18.9 Å². The average molecular weight is 833 g/mol. The number of nitrogens with two attached hydrogens (primary N) is 1. The molecule has 0 radical (unpaired) electrons. The van der Waals surface area contributed by atoms with Crippen LogP contribution in [0.25, 0.3) is 10.4 Å². The van der Waals surface area contributed by atoms with E-state index >= 15 is 0 Å². The van der Waals surface area contributed by atoms with E-state index in [2.05, 4.69) is 10.0 Å². The van der Waals surface area contributed by atoms with Crippen molar-refractivity contribution in [1.29, 1.82) is 5.26 Å². The fraction of sp³-hybridized carbons (Fsp3) is 0.278. The topological polar surface area (TPSA) is 243 Å². The van der Waals surface area contributed by atoms with E-state index in [1.807, 2.05) is 0 Å². The van der Waals surface area contributed by atoms with Crippen molar-refractivity contribution in [2.75, 3.05) is 32.6 Å². The summed E-state index contributed by atoms with van der Waals surface area (Å²) in [6.45, 7) is 5.14. The second-order valence-electron chi connectivity index (χ2n) is 11.8. The average Bonchev–Trinajstić information content (AvgIpc) is 3.63. The highest BCUT2D eigenvalue weighted by Gasteiger charge is 2.27. The minimum Gasteiger partial charge on any atom is -0.490 e. The van der Waals surface area contributed by atoms with E-state index in [1.54, 1.807) is 31.2 Å². The van der Waals surface area contributed by atoms with Crippen LogP contribution < -0.4 is 39.2 Å². The maximum atomic E-state index is 13.9. The molecule has 0 aliphatic rings. The number of halogens is 1. The Kier molecular flexibility index (Phi) is 15.1. The molecular formula is C36H38FN4O12PS2. The third-order valence-corrected chi connectivity index (χ3v) is 11.7. The maximum absolute atomic E-state index is 13.9. The number of sulfonamides is 1. The summed E-state index contributed by atoms with van der Waals surface area (Å²) < 4.78 is 81.7. The summed E-state index contributed by atoms with van der Waals surface area (Å²) in [7, 11) is -8.94. The SMILES string of the molecule is CC(=O)Oc1ccc(C(=O)NCCCOc2c(OCCCN)ccc(-c3ccc(S(=O)(=O)NCP(=O)(O)Oc4ccc(C#N)c(F)c4)s3)c2C)cc1OC(C)=O. The summed E-state index contributed by atoms with van der Waals surface area (Å²) in [4.78, 5) is 46.5. The fourth-order valence-electron chi connectivity index (χ4n) is 4.85. The number of benzene rings is 3. The molecule has 0 saturated heterocycles. The molecule has 20 heteroatoms. The number of hydrogen-bond donors (Lipinski definition) is 4. The zero-order valence-electron chi connectivity index (χ0n) is 30.3. The summed E-state index contributed by atoms with van der Waals surface area (Å²) in [5.74, 6) is -2.42. The molecule has 0 aliphatic heterocycles. The Balaban J connectivity index is 1.42. The van der Waals surface area contributed by atoms with Gasteiger partial charge < -0.3 is 39.4 Å². The quantitative estimate of drug-likeness (QED) is 0.0420. The molecule has 0 spiro atoms. The summed E-state index contributed by atoms with van der Waals surface area (Å²) in [6, 6.07) is 14.9. The van der Waals surface area contributed by atoms with Crippen LogP contribution in [0.15, 0.2) is 64.9 Å². The third kappa shape index (κ3) is 12.1. The lowest BCUT2D eigenvalue weighted by Crippen LogP contribution is -2.25. The van der Waals surface area contributed by atoms with Crippen molar-refractivity contribution in [3.05, 3.63) is 83.2 Å². The number of nitriles is 1. The van der Waals surface area contributed by atoms with Crippen molar-refractivity contribution in [3.63, 3.8) is 0 Å². The molecule has 1 aromatic heterocycles. The molecule has 5 N–H and O–H groups in total. The molecule has 0 aliphatic carbocycles. The molecule has 0 bridgehead atoms. The molecule has 3 aromatic carbocycles. The maximum Gasteiger partial charge on any atom is 0.391 e. The number of rotatable bonds is 19. The van der Waals surface area contributed by atoms with E-state index in [1.165, 1.54) is 38.1 Å². The Morgan fingerprint density at radius 3 is 2.32 bits per heavy atom. The molecule has 4 rings (SSSR count). The van der Waals surface area contributed by atoms with Crippen LogP contribution in [0.1, 0.15) is 48.2 Å². The normalized spacial score (nSPS) is 12.2. The van der Waals surface area contributed by atoms with Crippen LogP contribution in [-0.4, -0.2) is 63.7 Å². The first-order valence-corrected chi connectivity index (χ1v) is 20.8. The van der Waals surface area contributed by atoms with Crippen LogP contribution in [0, 0.1) is 24.1 Å². The van der Waals surface area contributed by atoms with Gasteiger partial charge in [-0.1, -0.05) is 0 Å². The highest BCUT2D eigenvalue weighted by atomic mass is 32.2. The highest BCUT2D eigenvalue weighted by molar-refractivity contribution is 7.92. The van der Waals surface area contributed by atoms with Crippen LogP contribution in [-0.2, 0) is 24.2 Å². The smallest absolute Gasteiger partial charge is 0.391 e. The molecule has 4 aromatic rings. The van der Waals surface area contributed by atoms with Crippen molar-refractivity contribution in [2.45, 2.75) is 37.8 Å². The number of nitrogens with zero attached hydrogens (tertiary/aromatic N) is 1. The van der Waals surface area contributed by atoms with Gasteiger partial charge in [-0.25, -0.2) is 17.4 Å². The molecule has 1 unspecified atom stereocenters. The summed E-state index contributed by atoms with van der Waals surface area (Å²) in [6.07, 6.45) is -0.0949. The van der Waals surface area contributed by atoms with Crippen LogP contribution in [0.4, 0.5) is 4.39 Å². The second-order valence-corrected chi connectivity index (χ2v) is 16.6. The van der Waals surface area contributed by atoms with Crippen molar-refractivity contribution < 1.29 is 60.1 Å². The number of amides is 1. The number of carbonyl (C=O) groups is 3. The lowest BCUT2D eigenvalue weighted by atomic mass is 10.1. The molecule has 1 heterocycles. The van der Waals surface area contributed by atoms with Crippen LogP contribution in [0.3, 0.4) is 0 Å². The molecule has 1 amide bonds. The standard InChI is InChI=1S/C36H38FN4O12PS2/c1-22-28(33-12-13-34(55-33)56(47,48)41-21-54(45,46)53-27-8-6-26(20-39)29(37)19-27)9-11-31(49-16-4-14-38)35(22)50-17-5-15-40-36(44)25-7-10-30(51-23(2)42)32(18-25)52-24(3)43/h6-13,18-19,41H,4-5,14-17,21,38H2,1-3H3,(H,40,44)(H,45,46). The lowest BCUT2D eigenvalue weighted by Gasteiger charge is -2.17. The van der Waals surface area contributed by atoms with Crippen molar-refractivity contribution >= 4 is 46.8 Å². The zero-order chi connectivity index (χ0) is 41.0. The Morgan fingerprint density at radius 2 is 1.64 bits per heavy atom. The Morgan fingerprint density at radius 1 is 0.946 bits per heavy atom. The van der Waals surface area contributed by atoms with Gasteiger partial charge in [0.25, 0.3) is 15.9 Å². The molecule has 1 atom stereocenters. The number of hydrogen-bond acceptors (Lipinski definition) is 14. The van der Waals surface area contributed by atoms with E-state index in [0.29, 0.717) is 53.5 Å². The van der Waals surface area contributed by atoms with Gasteiger partial charge in [-0.2, -0.15) is 9.98 Å². The van der Waals surface area contributed by atoms with Gasteiger partial charge in [0, 0.05) is 42.5 Å². The fourth-order valence-corrected chi connectivity index (χ4v) is 8.79. The Bertz CT molecular complexity index is 2300. The van der Waals surface area contributed by atoms with Crippen molar-refractivity contribution in [3.8, 4) is 45.3 Å². The monoisotopic (exact) mass is 832 g/mol. The third-order valence-electron chi connectivity index (χ3n) is 7.42. The summed E-state index contributed by atoms with van der Waals surface area (Å²) in [5, 5.41) is 11.6. The number of esters is 2. The van der Waals surface area contributed by atoms with E-state index in [0.717, 1.165) is 29.5 Å². The molecule has 0 fully saturated rings. The van der Waals surface area contributed by atoms with Crippen molar-refractivity contribution in [1.82, 2.24) is 10.0 Å². The number of ether oxygens (including phenoxy) is 4. The van der Waals surface area contributed by atoms with Gasteiger partial charge in [0.15, 0.2) is 23.0 Å². The van der Waals surface area contributed by atoms with E-state index in [4.69, 9.17) is 34.5 Å². The highest BCUT2D eigenvalue weighted by Crippen LogP contribution is 2.43. The van der Waals surface area contributed by atoms with Crippen LogP contribution in [0.2, 0.25) is 0 Å².